The Bertz CT molecular complexity index is 1180. The van der Waals surface area contributed by atoms with Crippen molar-refractivity contribution in [3.63, 3.8) is 0 Å². The molecule has 1 amide bonds. The van der Waals surface area contributed by atoms with Gasteiger partial charge in [-0.15, -0.1) is 0 Å². The zero-order chi connectivity index (χ0) is 24.4. The average molecular weight is 475 g/mol. The number of rotatable bonds is 7. The predicted molar refractivity (Wildman–Crippen MR) is 133 cm³/mol. The van der Waals surface area contributed by atoms with Crippen LogP contribution in [0.3, 0.4) is 0 Å². The van der Waals surface area contributed by atoms with E-state index < -0.39 is 17.5 Å². The van der Waals surface area contributed by atoms with E-state index in [1.54, 1.807) is 16.9 Å². The third kappa shape index (κ3) is 4.73. The number of ether oxygens (including phenoxy) is 1. The van der Waals surface area contributed by atoms with Crippen LogP contribution in [0.25, 0.3) is 5.69 Å². The van der Waals surface area contributed by atoms with Gasteiger partial charge in [0.2, 0.25) is 0 Å². The van der Waals surface area contributed by atoms with Crippen LogP contribution in [-0.4, -0.2) is 40.0 Å². The second kappa shape index (κ2) is 9.44. The number of amides is 1. The normalized spacial score (nSPS) is 18.0. The number of anilines is 2. The van der Waals surface area contributed by atoms with Crippen LogP contribution >= 0.6 is 0 Å². The summed E-state index contributed by atoms with van der Waals surface area (Å²) in [6.45, 7) is 3.55. The molecule has 182 valence electrons. The Balaban J connectivity index is 1.20. The fraction of sp³-hybridized carbons (Fsp3) is 0.370. The first-order valence-electron chi connectivity index (χ1n) is 12.1. The summed E-state index contributed by atoms with van der Waals surface area (Å²) in [7, 11) is 0. The van der Waals surface area contributed by atoms with E-state index in [1.165, 1.54) is 0 Å². The van der Waals surface area contributed by atoms with Gasteiger partial charge in [0.05, 0.1) is 17.3 Å². The number of carboxylic acids is 1. The van der Waals surface area contributed by atoms with Crippen molar-refractivity contribution in [2.24, 2.45) is 11.3 Å². The quantitative estimate of drug-likeness (QED) is 0.485. The van der Waals surface area contributed by atoms with Gasteiger partial charge in [0.25, 0.3) is 0 Å². The summed E-state index contributed by atoms with van der Waals surface area (Å²) in [4.78, 5) is 26.4. The van der Waals surface area contributed by atoms with E-state index in [4.69, 9.17) is 4.74 Å². The lowest BCUT2D eigenvalue weighted by molar-refractivity contribution is -0.146. The second-order valence-corrected chi connectivity index (χ2v) is 9.45. The molecule has 1 aromatic heterocycles. The van der Waals surface area contributed by atoms with Gasteiger partial charge in [0.15, 0.2) is 0 Å². The Morgan fingerprint density at radius 3 is 2.31 bits per heavy atom. The van der Waals surface area contributed by atoms with Crippen molar-refractivity contribution < 1.29 is 19.4 Å². The van der Waals surface area contributed by atoms with E-state index in [2.05, 4.69) is 15.3 Å². The SMILES string of the molecule is CC(OC(=O)Nc1ccnn1-c1ccc(N2CCC(C3(C(=O)O)CC3)CC2)cc1)c1ccccc1. The third-order valence-electron chi connectivity index (χ3n) is 7.38. The molecule has 1 saturated heterocycles. The molecule has 35 heavy (non-hydrogen) atoms. The van der Waals surface area contributed by atoms with Gasteiger partial charge in [0, 0.05) is 24.8 Å². The number of piperidine rings is 1. The van der Waals surface area contributed by atoms with Gasteiger partial charge in [-0.3, -0.25) is 10.1 Å². The van der Waals surface area contributed by atoms with Crippen molar-refractivity contribution in [1.29, 1.82) is 0 Å². The maximum absolute atomic E-state index is 12.5. The number of hydrogen-bond acceptors (Lipinski definition) is 5. The highest BCUT2D eigenvalue weighted by atomic mass is 16.6. The Hall–Kier alpha value is -3.81. The molecule has 1 aliphatic heterocycles. The first-order valence-corrected chi connectivity index (χ1v) is 12.1. The van der Waals surface area contributed by atoms with Crippen LogP contribution in [-0.2, 0) is 9.53 Å². The van der Waals surface area contributed by atoms with Crippen molar-refractivity contribution in [2.75, 3.05) is 23.3 Å². The van der Waals surface area contributed by atoms with Crippen molar-refractivity contribution in [3.05, 3.63) is 72.4 Å². The van der Waals surface area contributed by atoms with Crippen LogP contribution in [0.2, 0.25) is 0 Å². The number of carboxylic acid groups (broad SMARTS) is 1. The molecule has 2 aliphatic rings. The molecule has 2 aromatic carbocycles. The average Bonchev–Trinajstić information content (AvgIpc) is 3.58. The molecule has 1 aliphatic carbocycles. The first kappa shape index (κ1) is 23.0. The van der Waals surface area contributed by atoms with Crippen LogP contribution < -0.4 is 10.2 Å². The van der Waals surface area contributed by atoms with E-state index >= 15 is 0 Å². The van der Waals surface area contributed by atoms with E-state index in [1.807, 2.05) is 61.5 Å². The summed E-state index contributed by atoms with van der Waals surface area (Å²) in [5, 5.41) is 16.7. The maximum Gasteiger partial charge on any atom is 0.413 e. The fourth-order valence-electron chi connectivity index (χ4n) is 5.12. The molecule has 5 rings (SSSR count). The smallest absolute Gasteiger partial charge is 0.413 e. The summed E-state index contributed by atoms with van der Waals surface area (Å²) < 4.78 is 7.18. The highest BCUT2D eigenvalue weighted by Crippen LogP contribution is 2.55. The molecule has 8 heteroatoms. The van der Waals surface area contributed by atoms with Gasteiger partial charge in [-0.05, 0) is 68.4 Å². The highest BCUT2D eigenvalue weighted by Gasteiger charge is 2.56. The number of nitrogens with zero attached hydrogens (tertiary/aromatic N) is 3. The summed E-state index contributed by atoms with van der Waals surface area (Å²) in [5.74, 6) is 0.173. The van der Waals surface area contributed by atoms with Crippen LogP contribution in [0.4, 0.5) is 16.3 Å². The van der Waals surface area contributed by atoms with Crippen LogP contribution in [0.15, 0.2) is 66.9 Å². The number of aromatic nitrogens is 2. The summed E-state index contributed by atoms with van der Waals surface area (Å²) in [6.07, 6.45) is 4.17. The molecular weight excluding hydrogens is 444 g/mol. The van der Waals surface area contributed by atoms with Crippen molar-refractivity contribution in [2.45, 2.75) is 38.7 Å². The summed E-state index contributed by atoms with van der Waals surface area (Å²) in [5.41, 5.74) is 2.39. The monoisotopic (exact) mass is 474 g/mol. The lowest BCUT2D eigenvalue weighted by Gasteiger charge is -2.36. The minimum Gasteiger partial charge on any atom is -0.481 e. The van der Waals surface area contributed by atoms with E-state index in [-0.39, 0.29) is 12.0 Å². The molecule has 1 unspecified atom stereocenters. The molecule has 8 nitrogen and oxygen atoms in total. The van der Waals surface area contributed by atoms with E-state index in [9.17, 15) is 14.7 Å². The van der Waals surface area contributed by atoms with Crippen LogP contribution in [0.1, 0.15) is 44.3 Å². The Morgan fingerprint density at radius 1 is 1.03 bits per heavy atom. The fourth-order valence-corrected chi connectivity index (χ4v) is 5.12. The highest BCUT2D eigenvalue weighted by molar-refractivity contribution is 5.84. The molecule has 3 aromatic rings. The number of aliphatic carboxylic acids is 1. The molecule has 0 radical (unpaired) electrons. The Labute approximate surface area is 204 Å². The van der Waals surface area contributed by atoms with Gasteiger partial charge >= 0.3 is 12.1 Å². The zero-order valence-electron chi connectivity index (χ0n) is 19.8. The van der Waals surface area contributed by atoms with Gasteiger partial charge in [-0.25, -0.2) is 9.48 Å². The van der Waals surface area contributed by atoms with Crippen molar-refractivity contribution in [1.82, 2.24) is 9.78 Å². The third-order valence-corrected chi connectivity index (χ3v) is 7.38. The minimum absolute atomic E-state index is 0.276. The number of benzene rings is 2. The predicted octanol–water partition coefficient (Wildman–Crippen LogP) is 5.26. The lowest BCUT2D eigenvalue weighted by Crippen LogP contribution is -2.39. The zero-order valence-corrected chi connectivity index (χ0v) is 19.8. The number of nitrogens with one attached hydrogen (secondary N) is 1. The molecule has 0 bridgehead atoms. The van der Waals surface area contributed by atoms with E-state index in [0.717, 1.165) is 55.7 Å². The molecule has 0 spiro atoms. The second-order valence-electron chi connectivity index (χ2n) is 9.45. The van der Waals surface area contributed by atoms with Crippen LogP contribution in [0.5, 0.6) is 0 Å². The number of carbonyl (C=O) groups is 2. The molecule has 2 N–H and O–H groups in total. The van der Waals surface area contributed by atoms with Gasteiger partial charge < -0.3 is 14.7 Å². The van der Waals surface area contributed by atoms with Gasteiger partial charge in [-0.2, -0.15) is 5.10 Å². The minimum atomic E-state index is -0.623. The molecule has 1 atom stereocenters. The Kier molecular flexibility index (Phi) is 6.19. The summed E-state index contributed by atoms with van der Waals surface area (Å²) >= 11 is 0. The lowest BCUT2D eigenvalue weighted by atomic mass is 9.81. The van der Waals surface area contributed by atoms with Crippen molar-refractivity contribution in [3.8, 4) is 5.69 Å². The largest absolute Gasteiger partial charge is 0.481 e. The van der Waals surface area contributed by atoms with Gasteiger partial charge in [0.1, 0.15) is 11.9 Å². The standard InChI is InChI=1S/C27H30N4O4/c1-19(20-5-3-2-4-6-20)35-26(34)29-24-11-16-28-31(24)23-9-7-22(8-10-23)30-17-12-21(13-18-30)27(14-15-27)25(32)33/h2-11,16,19,21H,12-15,17-18H2,1H3,(H,29,34)(H,32,33). The first-order chi connectivity index (χ1) is 17.0. The van der Waals surface area contributed by atoms with Crippen molar-refractivity contribution >= 4 is 23.6 Å². The summed E-state index contributed by atoms with van der Waals surface area (Å²) in [6, 6.07) is 19.3. The Morgan fingerprint density at radius 2 is 1.69 bits per heavy atom. The number of carbonyl (C=O) groups excluding carboxylic acids is 1. The topological polar surface area (TPSA) is 96.7 Å². The van der Waals surface area contributed by atoms with Crippen LogP contribution in [0, 0.1) is 11.3 Å². The van der Waals surface area contributed by atoms with E-state index in [0.29, 0.717) is 5.82 Å². The molecule has 2 heterocycles. The van der Waals surface area contributed by atoms with Gasteiger partial charge in [-0.1, -0.05) is 30.3 Å². The molecule has 2 fully saturated rings. The maximum atomic E-state index is 12.5. The molecular formula is C27H30N4O4. The number of hydrogen-bond donors (Lipinski definition) is 2. The molecule has 1 saturated carbocycles.